The molecule has 2 aromatic carbocycles. The average molecular weight is 386 g/mol. The topological polar surface area (TPSA) is 73.1 Å². The molecule has 0 amide bonds. The Hall–Kier alpha value is -3.18. The van der Waals surface area contributed by atoms with Crippen LogP contribution in [0.2, 0.25) is 0 Å². The molecule has 4 rings (SSSR count). The number of nitrogens with one attached hydrogen (secondary N) is 1. The van der Waals surface area contributed by atoms with Gasteiger partial charge in [-0.15, -0.1) is 0 Å². The lowest BCUT2D eigenvalue weighted by atomic mass is 9.82. The molecule has 148 valence electrons. The van der Waals surface area contributed by atoms with Gasteiger partial charge >= 0.3 is 0 Å². The Morgan fingerprint density at radius 2 is 1.83 bits per heavy atom. The molecule has 1 aromatic heterocycles. The summed E-state index contributed by atoms with van der Waals surface area (Å²) < 4.78 is 0. The SMILES string of the molecule is CCCONC1=CC(c2ccccc2-c2ccccc2)Cc2nc(N)nc(C)c21. The van der Waals surface area contributed by atoms with Gasteiger partial charge in [-0.2, -0.15) is 0 Å². The van der Waals surface area contributed by atoms with E-state index in [1.165, 1.54) is 16.7 Å². The third kappa shape index (κ3) is 4.00. The van der Waals surface area contributed by atoms with Gasteiger partial charge in [0.15, 0.2) is 0 Å². The highest BCUT2D eigenvalue weighted by atomic mass is 16.6. The fraction of sp³-hybridized carbons (Fsp3) is 0.250. The van der Waals surface area contributed by atoms with E-state index in [2.05, 4.69) is 77.0 Å². The van der Waals surface area contributed by atoms with Crippen LogP contribution in [0.5, 0.6) is 0 Å². The zero-order valence-corrected chi connectivity index (χ0v) is 16.9. The normalized spacial score (nSPS) is 15.5. The molecule has 3 N–H and O–H groups in total. The molecule has 0 saturated heterocycles. The Morgan fingerprint density at radius 3 is 2.62 bits per heavy atom. The van der Waals surface area contributed by atoms with Crippen LogP contribution in [0.3, 0.4) is 0 Å². The third-order valence-electron chi connectivity index (χ3n) is 5.17. The molecule has 0 aliphatic heterocycles. The summed E-state index contributed by atoms with van der Waals surface area (Å²) >= 11 is 0. The highest BCUT2D eigenvalue weighted by Crippen LogP contribution is 2.38. The molecule has 5 heteroatoms. The van der Waals surface area contributed by atoms with Crippen LogP contribution >= 0.6 is 0 Å². The molecule has 3 aromatic rings. The molecule has 0 radical (unpaired) electrons. The molecule has 1 aliphatic rings. The Kier molecular flexibility index (Phi) is 5.58. The van der Waals surface area contributed by atoms with Crippen LogP contribution in [0, 0.1) is 6.92 Å². The number of aromatic nitrogens is 2. The third-order valence-corrected chi connectivity index (χ3v) is 5.17. The van der Waals surface area contributed by atoms with E-state index in [4.69, 9.17) is 10.6 Å². The van der Waals surface area contributed by atoms with E-state index in [1.54, 1.807) is 0 Å². The van der Waals surface area contributed by atoms with Crippen molar-refractivity contribution < 1.29 is 4.84 Å². The first-order chi connectivity index (χ1) is 14.2. The van der Waals surface area contributed by atoms with Crippen LogP contribution in [-0.4, -0.2) is 16.6 Å². The number of aryl methyl sites for hydroxylation is 1. The van der Waals surface area contributed by atoms with Gasteiger partial charge in [0.2, 0.25) is 5.95 Å². The molecule has 5 nitrogen and oxygen atoms in total. The van der Waals surface area contributed by atoms with Gasteiger partial charge in [0.1, 0.15) is 0 Å². The summed E-state index contributed by atoms with van der Waals surface area (Å²) in [4.78, 5) is 14.6. The highest BCUT2D eigenvalue weighted by molar-refractivity contribution is 5.74. The van der Waals surface area contributed by atoms with Crippen LogP contribution < -0.4 is 11.2 Å². The minimum atomic E-state index is 0.153. The van der Waals surface area contributed by atoms with Crippen molar-refractivity contribution in [3.05, 3.63) is 83.2 Å². The predicted molar refractivity (Wildman–Crippen MR) is 117 cm³/mol. The summed E-state index contributed by atoms with van der Waals surface area (Å²) in [5.74, 6) is 0.465. The summed E-state index contributed by atoms with van der Waals surface area (Å²) in [5.41, 5.74) is 16.5. The number of hydrogen-bond acceptors (Lipinski definition) is 5. The van der Waals surface area contributed by atoms with Crippen molar-refractivity contribution in [3.8, 4) is 11.1 Å². The molecule has 0 spiro atoms. The monoisotopic (exact) mass is 386 g/mol. The quantitative estimate of drug-likeness (QED) is 0.477. The molecule has 0 fully saturated rings. The van der Waals surface area contributed by atoms with Crippen LogP contribution in [0.4, 0.5) is 5.95 Å². The maximum atomic E-state index is 5.96. The van der Waals surface area contributed by atoms with E-state index in [9.17, 15) is 0 Å². The molecular formula is C24H26N4O. The molecule has 1 atom stereocenters. The predicted octanol–water partition coefficient (Wildman–Crippen LogP) is 4.65. The van der Waals surface area contributed by atoms with E-state index in [0.717, 1.165) is 35.5 Å². The smallest absolute Gasteiger partial charge is 0.220 e. The number of fused-ring (bicyclic) bond motifs is 1. The molecule has 1 aliphatic carbocycles. The lowest BCUT2D eigenvalue weighted by molar-refractivity contribution is 0.0784. The van der Waals surface area contributed by atoms with Crippen molar-refractivity contribution in [2.75, 3.05) is 12.3 Å². The number of nitrogen functional groups attached to an aromatic ring is 1. The van der Waals surface area contributed by atoms with Crippen LogP contribution in [0.15, 0.2) is 60.7 Å². The van der Waals surface area contributed by atoms with Crippen molar-refractivity contribution >= 4 is 11.6 Å². The molecule has 29 heavy (non-hydrogen) atoms. The summed E-state index contributed by atoms with van der Waals surface area (Å²) in [6.07, 6.45) is 3.93. The van der Waals surface area contributed by atoms with E-state index in [-0.39, 0.29) is 5.92 Å². The Bertz CT molecular complexity index is 1030. The lowest BCUT2D eigenvalue weighted by Gasteiger charge is -2.27. The van der Waals surface area contributed by atoms with Crippen molar-refractivity contribution in [1.82, 2.24) is 15.4 Å². The van der Waals surface area contributed by atoms with Gasteiger partial charge in [0, 0.05) is 17.9 Å². The second-order valence-electron chi connectivity index (χ2n) is 7.28. The van der Waals surface area contributed by atoms with Gasteiger partial charge in [-0.25, -0.2) is 9.97 Å². The number of anilines is 1. The number of nitrogens with zero attached hydrogens (tertiary/aromatic N) is 2. The Labute approximate surface area is 171 Å². The Balaban J connectivity index is 1.79. The minimum Gasteiger partial charge on any atom is -0.368 e. The van der Waals surface area contributed by atoms with Gasteiger partial charge in [0.25, 0.3) is 0 Å². The fourth-order valence-corrected chi connectivity index (χ4v) is 3.92. The van der Waals surface area contributed by atoms with Crippen molar-refractivity contribution in [1.29, 1.82) is 0 Å². The van der Waals surface area contributed by atoms with Gasteiger partial charge in [-0.1, -0.05) is 67.6 Å². The Morgan fingerprint density at radius 1 is 1.07 bits per heavy atom. The number of rotatable bonds is 6. The molecule has 0 saturated carbocycles. The summed E-state index contributed by atoms with van der Waals surface area (Å²) in [5, 5.41) is 0. The maximum absolute atomic E-state index is 5.96. The number of benzene rings is 2. The van der Waals surface area contributed by atoms with E-state index in [1.807, 2.05) is 13.0 Å². The lowest BCUT2D eigenvalue weighted by Crippen LogP contribution is -2.23. The largest absolute Gasteiger partial charge is 0.368 e. The van der Waals surface area contributed by atoms with E-state index < -0.39 is 0 Å². The molecule has 1 unspecified atom stereocenters. The second-order valence-corrected chi connectivity index (χ2v) is 7.28. The molecule has 0 bridgehead atoms. The average Bonchev–Trinajstić information content (AvgIpc) is 2.74. The number of hydroxylamine groups is 1. The van der Waals surface area contributed by atoms with Gasteiger partial charge in [0.05, 0.1) is 23.7 Å². The van der Waals surface area contributed by atoms with Crippen molar-refractivity contribution in [2.24, 2.45) is 0 Å². The zero-order valence-electron chi connectivity index (χ0n) is 16.9. The van der Waals surface area contributed by atoms with Gasteiger partial charge in [-0.3, -0.25) is 10.3 Å². The van der Waals surface area contributed by atoms with E-state index >= 15 is 0 Å². The first-order valence-corrected chi connectivity index (χ1v) is 10.0. The fourth-order valence-electron chi connectivity index (χ4n) is 3.92. The summed E-state index contributed by atoms with van der Waals surface area (Å²) in [6, 6.07) is 19.0. The molecule has 1 heterocycles. The first kappa shape index (κ1) is 19.2. The summed E-state index contributed by atoms with van der Waals surface area (Å²) in [7, 11) is 0. The van der Waals surface area contributed by atoms with Crippen LogP contribution in [0.1, 0.15) is 41.8 Å². The first-order valence-electron chi connectivity index (χ1n) is 10.0. The maximum Gasteiger partial charge on any atom is 0.220 e. The van der Waals surface area contributed by atoms with Gasteiger partial charge in [-0.05, 0) is 30.0 Å². The van der Waals surface area contributed by atoms with Crippen LogP contribution in [0.25, 0.3) is 16.8 Å². The summed E-state index contributed by atoms with van der Waals surface area (Å²) in [6.45, 7) is 4.68. The number of hydrogen-bond donors (Lipinski definition) is 2. The van der Waals surface area contributed by atoms with Crippen molar-refractivity contribution in [2.45, 2.75) is 32.6 Å². The zero-order chi connectivity index (χ0) is 20.2. The molecular weight excluding hydrogens is 360 g/mol. The highest BCUT2D eigenvalue weighted by Gasteiger charge is 2.26. The van der Waals surface area contributed by atoms with E-state index in [0.29, 0.717) is 12.6 Å². The van der Waals surface area contributed by atoms with Crippen molar-refractivity contribution in [3.63, 3.8) is 0 Å². The standard InChI is InChI=1S/C24H26N4O/c1-3-13-29-28-22-15-18(14-21-23(22)16(2)26-24(25)27-21)20-12-8-7-11-19(20)17-9-5-4-6-10-17/h4-12,15,18,28H,3,13-14H2,1-2H3,(H2,25,26,27). The number of allylic oxidation sites excluding steroid dienone is 1. The number of nitrogens with two attached hydrogens (primary N) is 1. The van der Waals surface area contributed by atoms with Crippen LogP contribution in [-0.2, 0) is 11.3 Å². The van der Waals surface area contributed by atoms with Gasteiger partial charge < -0.3 is 5.73 Å². The second kappa shape index (κ2) is 8.45. The minimum absolute atomic E-state index is 0.153.